The lowest BCUT2D eigenvalue weighted by Gasteiger charge is -2.23. The van der Waals surface area contributed by atoms with E-state index in [0.29, 0.717) is 69.0 Å². The maximum atomic E-state index is 12.0. The molecule has 0 unspecified atom stereocenters. The van der Waals surface area contributed by atoms with Gasteiger partial charge in [0, 0.05) is 31.2 Å². The molecule has 0 bridgehead atoms. The van der Waals surface area contributed by atoms with Crippen LogP contribution < -0.4 is 21.3 Å². The molecule has 0 atom stereocenters. The number of anilines is 3. The van der Waals surface area contributed by atoms with E-state index in [0.717, 1.165) is 32.2 Å². The molecular weight excluding hydrogens is 458 g/mol. The van der Waals surface area contributed by atoms with Gasteiger partial charge in [0.05, 0.1) is 26.4 Å². The van der Waals surface area contributed by atoms with Crippen molar-refractivity contribution in [3.05, 3.63) is 35.9 Å². The Hall–Kier alpha value is -2.98. The van der Waals surface area contributed by atoms with Gasteiger partial charge in [-0.2, -0.15) is 15.0 Å². The largest absolute Gasteiger partial charge is 0.377 e. The van der Waals surface area contributed by atoms with Crippen LogP contribution >= 0.6 is 0 Å². The van der Waals surface area contributed by atoms with Crippen LogP contribution in [0.5, 0.6) is 0 Å². The molecule has 10 nitrogen and oxygen atoms in total. The average molecular weight is 500 g/mol. The minimum Gasteiger partial charge on any atom is -0.377 e. The highest BCUT2D eigenvalue weighted by molar-refractivity contribution is 5.94. The molecule has 1 amide bonds. The van der Waals surface area contributed by atoms with E-state index in [1.54, 1.807) is 12.1 Å². The summed E-state index contributed by atoms with van der Waals surface area (Å²) in [6.45, 7) is 5.92. The number of nitrogens with zero attached hydrogens (tertiary/aromatic N) is 3. The van der Waals surface area contributed by atoms with Crippen LogP contribution in [0.4, 0.5) is 17.8 Å². The van der Waals surface area contributed by atoms with E-state index in [-0.39, 0.29) is 5.91 Å². The minimum atomic E-state index is -0.0966. The third kappa shape index (κ3) is 10.7. The molecule has 2 aromatic rings. The second-order valence-electron chi connectivity index (χ2n) is 8.84. The van der Waals surface area contributed by atoms with Crippen LogP contribution in [0.15, 0.2) is 30.3 Å². The molecule has 0 aliphatic heterocycles. The normalized spacial score (nSPS) is 13.8. The first-order valence-corrected chi connectivity index (χ1v) is 13.2. The first kappa shape index (κ1) is 27.6. The summed E-state index contributed by atoms with van der Waals surface area (Å²) in [6.07, 6.45) is 8.29. The SMILES string of the molecule is CCCCNc1nc(NCCOCCOCCNC(=O)c2ccccc2)nc(NC2CCCCC2)n1. The van der Waals surface area contributed by atoms with Crippen molar-refractivity contribution >= 4 is 23.8 Å². The summed E-state index contributed by atoms with van der Waals surface area (Å²) in [5, 5.41) is 12.9. The molecule has 1 fully saturated rings. The zero-order valence-corrected chi connectivity index (χ0v) is 21.4. The molecule has 4 N–H and O–H groups in total. The Labute approximate surface area is 214 Å². The predicted octanol–water partition coefficient (Wildman–Crippen LogP) is 3.70. The minimum absolute atomic E-state index is 0.0966. The lowest BCUT2D eigenvalue weighted by atomic mass is 9.96. The van der Waals surface area contributed by atoms with Crippen LogP contribution in [0.3, 0.4) is 0 Å². The van der Waals surface area contributed by atoms with Crippen LogP contribution in [0.25, 0.3) is 0 Å². The van der Waals surface area contributed by atoms with E-state index in [1.807, 2.05) is 18.2 Å². The first-order valence-electron chi connectivity index (χ1n) is 13.2. The Bertz CT molecular complexity index is 879. The Morgan fingerprint density at radius 2 is 1.47 bits per heavy atom. The smallest absolute Gasteiger partial charge is 0.251 e. The van der Waals surface area contributed by atoms with Crippen LogP contribution in [0, 0.1) is 0 Å². The predicted molar refractivity (Wildman–Crippen MR) is 143 cm³/mol. The molecule has 1 aromatic heterocycles. The van der Waals surface area contributed by atoms with Gasteiger partial charge < -0.3 is 30.7 Å². The number of carbonyl (C=O) groups is 1. The van der Waals surface area contributed by atoms with Crippen molar-refractivity contribution in [1.29, 1.82) is 0 Å². The maximum Gasteiger partial charge on any atom is 0.251 e. The zero-order valence-electron chi connectivity index (χ0n) is 21.4. The third-order valence-electron chi connectivity index (χ3n) is 5.86. The standard InChI is InChI=1S/C26H41N7O3/c1-2-3-14-28-24-31-25(33-26(32-24)30-22-12-8-5-9-13-22)29-16-18-36-20-19-35-17-15-27-23(34)21-10-6-4-7-11-21/h4,6-7,10-11,22H,2-3,5,8-9,12-20H2,1H3,(H,27,34)(H3,28,29,30,31,32,33). The van der Waals surface area contributed by atoms with E-state index in [2.05, 4.69) is 43.1 Å². The molecular formula is C26H41N7O3. The highest BCUT2D eigenvalue weighted by atomic mass is 16.5. The molecule has 3 rings (SSSR count). The molecule has 1 saturated carbocycles. The number of aromatic nitrogens is 3. The molecule has 0 radical (unpaired) electrons. The monoisotopic (exact) mass is 499 g/mol. The van der Waals surface area contributed by atoms with Crippen molar-refractivity contribution in [3.63, 3.8) is 0 Å². The first-order chi connectivity index (χ1) is 17.7. The Morgan fingerprint density at radius 1 is 0.833 bits per heavy atom. The molecule has 1 aliphatic carbocycles. The van der Waals surface area contributed by atoms with E-state index < -0.39 is 0 Å². The number of rotatable bonds is 17. The van der Waals surface area contributed by atoms with Crippen LogP contribution in [0.2, 0.25) is 0 Å². The molecule has 1 aromatic carbocycles. The molecule has 1 heterocycles. The van der Waals surface area contributed by atoms with Crippen LogP contribution in [0.1, 0.15) is 62.2 Å². The van der Waals surface area contributed by atoms with Crippen molar-refractivity contribution in [3.8, 4) is 0 Å². The van der Waals surface area contributed by atoms with E-state index in [9.17, 15) is 4.79 Å². The highest BCUT2D eigenvalue weighted by Gasteiger charge is 2.15. The lowest BCUT2D eigenvalue weighted by Crippen LogP contribution is -2.27. The van der Waals surface area contributed by atoms with Gasteiger partial charge >= 0.3 is 0 Å². The third-order valence-corrected chi connectivity index (χ3v) is 5.86. The van der Waals surface area contributed by atoms with Crippen molar-refractivity contribution < 1.29 is 14.3 Å². The molecule has 1 aliphatic rings. The van der Waals surface area contributed by atoms with E-state index >= 15 is 0 Å². The molecule has 10 heteroatoms. The average Bonchev–Trinajstić information content (AvgIpc) is 2.91. The number of carbonyl (C=O) groups excluding carboxylic acids is 1. The molecule has 198 valence electrons. The van der Waals surface area contributed by atoms with Gasteiger partial charge in [0.1, 0.15) is 0 Å². The summed E-state index contributed by atoms with van der Waals surface area (Å²) in [5.74, 6) is 1.65. The highest BCUT2D eigenvalue weighted by Crippen LogP contribution is 2.21. The van der Waals surface area contributed by atoms with Gasteiger partial charge in [0.15, 0.2) is 0 Å². The van der Waals surface area contributed by atoms with Gasteiger partial charge in [-0.3, -0.25) is 4.79 Å². The van der Waals surface area contributed by atoms with E-state index in [1.165, 1.54) is 19.3 Å². The molecule has 0 spiro atoms. The van der Waals surface area contributed by atoms with Gasteiger partial charge in [0.2, 0.25) is 17.8 Å². The van der Waals surface area contributed by atoms with Crippen LogP contribution in [-0.2, 0) is 9.47 Å². The second kappa shape index (κ2) is 16.6. The van der Waals surface area contributed by atoms with Crippen molar-refractivity contribution in [1.82, 2.24) is 20.3 Å². The lowest BCUT2D eigenvalue weighted by molar-refractivity contribution is 0.0519. The zero-order chi connectivity index (χ0) is 25.3. The summed E-state index contributed by atoms with van der Waals surface area (Å²) >= 11 is 0. The number of nitrogens with one attached hydrogen (secondary N) is 4. The summed E-state index contributed by atoms with van der Waals surface area (Å²) in [7, 11) is 0. The molecule has 0 saturated heterocycles. The second-order valence-corrected chi connectivity index (χ2v) is 8.84. The number of hydrogen-bond donors (Lipinski definition) is 4. The van der Waals surface area contributed by atoms with Gasteiger partial charge in [-0.25, -0.2) is 0 Å². The van der Waals surface area contributed by atoms with Crippen LogP contribution in [-0.4, -0.2) is 73.0 Å². The quantitative estimate of drug-likeness (QED) is 0.241. The fourth-order valence-electron chi connectivity index (χ4n) is 3.89. The van der Waals surface area contributed by atoms with Crippen molar-refractivity contribution in [2.24, 2.45) is 0 Å². The number of hydrogen-bond acceptors (Lipinski definition) is 9. The topological polar surface area (TPSA) is 122 Å². The number of amides is 1. The Balaban J connectivity index is 1.30. The summed E-state index contributed by atoms with van der Waals surface area (Å²) in [6, 6.07) is 9.56. The van der Waals surface area contributed by atoms with Gasteiger partial charge in [-0.1, -0.05) is 50.8 Å². The number of ether oxygens (including phenoxy) is 2. The molecule has 36 heavy (non-hydrogen) atoms. The maximum absolute atomic E-state index is 12.0. The van der Waals surface area contributed by atoms with Gasteiger partial charge in [-0.05, 0) is 31.4 Å². The Kier molecular flexibility index (Phi) is 12.8. The fourth-order valence-corrected chi connectivity index (χ4v) is 3.89. The summed E-state index contributed by atoms with van der Waals surface area (Å²) in [5.41, 5.74) is 0.646. The Morgan fingerprint density at radius 3 is 2.17 bits per heavy atom. The van der Waals surface area contributed by atoms with Crippen molar-refractivity contribution in [2.75, 3.05) is 62.0 Å². The van der Waals surface area contributed by atoms with Gasteiger partial charge in [-0.15, -0.1) is 0 Å². The number of unbranched alkanes of at least 4 members (excludes halogenated alkanes) is 1. The van der Waals surface area contributed by atoms with Crippen molar-refractivity contribution in [2.45, 2.75) is 57.9 Å². The summed E-state index contributed by atoms with van der Waals surface area (Å²) < 4.78 is 11.2. The fraction of sp³-hybridized carbons (Fsp3) is 0.615. The van der Waals surface area contributed by atoms with E-state index in [4.69, 9.17) is 9.47 Å². The summed E-state index contributed by atoms with van der Waals surface area (Å²) in [4.78, 5) is 25.6. The van der Waals surface area contributed by atoms with Gasteiger partial charge in [0.25, 0.3) is 5.91 Å². The number of benzene rings is 1.